The predicted octanol–water partition coefficient (Wildman–Crippen LogP) is 3.49. The van der Waals surface area contributed by atoms with Gasteiger partial charge in [0.1, 0.15) is 18.5 Å². The summed E-state index contributed by atoms with van der Waals surface area (Å²) in [6.45, 7) is 5.46. The van der Waals surface area contributed by atoms with Gasteiger partial charge < -0.3 is 15.2 Å². The molecule has 1 aromatic carbocycles. The minimum absolute atomic E-state index is 0.299. The van der Waals surface area contributed by atoms with E-state index in [9.17, 15) is 5.11 Å². The highest BCUT2D eigenvalue weighted by atomic mass is 35.5. The first-order valence-electron chi connectivity index (χ1n) is 7.90. The second-order valence-electron chi connectivity index (χ2n) is 6.04. The highest BCUT2D eigenvalue weighted by Gasteiger charge is 2.31. The zero-order valence-electron chi connectivity index (χ0n) is 12.9. The topological polar surface area (TPSA) is 41.5 Å². The number of aliphatic hydroxyl groups is 1. The third-order valence-corrected chi connectivity index (χ3v) is 4.87. The number of benzene rings is 1. The van der Waals surface area contributed by atoms with Crippen molar-refractivity contribution < 1.29 is 9.84 Å². The number of rotatable bonds is 7. The monoisotopic (exact) mass is 311 g/mol. The molecule has 0 amide bonds. The van der Waals surface area contributed by atoms with Crippen LogP contribution in [-0.4, -0.2) is 30.4 Å². The molecule has 1 saturated carbocycles. The molecule has 118 valence electrons. The number of hydrogen-bond acceptors (Lipinski definition) is 3. The van der Waals surface area contributed by atoms with E-state index in [1.54, 1.807) is 12.1 Å². The number of halogens is 1. The number of nitrogens with one attached hydrogen (secondary N) is 1. The van der Waals surface area contributed by atoms with Gasteiger partial charge in [0.15, 0.2) is 0 Å². The first-order chi connectivity index (χ1) is 10.1. The second-order valence-corrected chi connectivity index (χ2v) is 6.47. The number of hydrogen-bond donors (Lipinski definition) is 2. The molecule has 0 saturated heterocycles. The molecule has 2 rings (SSSR count). The van der Waals surface area contributed by atoms with Crippen LogP contribution in [-0.2, 0) is 0 Å². The summed E-state index contributed by atoms with van der Waals surface area (Å²) >= 11 is 5.82. The van der Waals surface area contributed by atoms with E-state index in [1.807, 2.05) is 12.1 Å². The van der Waals surface area contributed by atoms with Crippen LogP contribution in [0.15, 0.2) is 24.3 Å². The van der Waals surface area contributed by atoms with Crippen LogP contribution in [0.2, 0.25) is 5.02 Å². The number of ether oxygens (including phenoxy) is 1. The normalized spacial score (nSPS) is 26.8. The van der Waals surface area contributed by atoms with Gasteiger partial charge in [0.25, 0.3) is 0 Å². The van der Waals surface area contributed by atoms with Gasteiger partial charge in [-0.25, -0.2) is 0 Å². The Morgan fingerprint density at radius 3 is 2.67 bits per heavy atom. The fourth-order valence-electron chi connectivity index (χ4n) is 3.18. The Balaban J connectivity index is 1.68. The van der Waals surface area contributed by atoms with E-state index in [1.165, 1.54) is 19.3 Å². The van der Waals surface area contributed by atoms with Crippen LogP contribution >= 0.6 is 11.6 Å². The van der Waals surface area contributed by atoms with E-state index >= 15 is 0 Å². The summed E-state index contributed by atoms with van der Waals surface area (Å²) < 4.78 is 5.56. The molecule has 1 aromatic rings. The van der Waals surface area contributed by atoms with Gasteiger partial charge >= 0.3 is 0 Å². The van der Waals surface area contributed by atoms with Crippen molar-refractivity contribution in [3.8, 4) is 5.75 Å². The molecule has 4 unspecified atom stereocenters. The van der Waals surface area contributed by atoms with Gasteiger partial charge in [-0.05, 0) is 48.9 Å². The highest BCUT2D eigenvalue weighted by molar-refractivity contribution is 6.30. The summed E-state index contributed by atoms with van der Waals surface area (Å²) in [7, 11) is 0. The predicted molar refractivity (Wildman–Crippen MR) is 86.9 cm³/mol. The van der Waals surface area contributed by atoms with Gasteiger partial charge in [-0.3, -0.25) is 0 Å². The van der Waals surface area contributed by atoms with Crippen LogP contribution in [0.25, 0.3) is 0 Å². The van der Waals surface area contributed by atoms with E-state index in [0.29, 0.717) is 30.1 Å². The van der Waals surface area contributed by atoms with Crippen molar-refractivity contribution in [2.75, 3.05) is 13.2 Å². The minimum atomic E-state index is -0.492. The molecule has 3 nitrogen and oxygen atoms in total. The molecule has 0 aliphatic heterocycles. The highest BCUT2D eigenvalue weighted by Crippen LogP contribution is 2.33. The standard InChI is InChI=1S/C17H26ClNO2/c1-3-13-4-9-17(12(13)2)19-10-15(20)11-21-16-7-5-14(18)6-8-16/h5-8,12-13,15,17,19-20H,3-4,9-11H2,1-2H3. The molecule has 21 heavy (non-hydrogen) atoms. The second kappa shape index (κ2) is 8.02. The SMILES string of the molecule is CCC1CCC(NCC(O)COc2ccc(Cl)cc2)C1C. The fourth-order valence-corrected chi connectivity index (χ4v) is 3.31. The average molecular weight is 312 g/mol. The van der Waals surface area contributed by atoms with Crippen LogP contribution in [0, 0.1) is 11.8 Å². The number of aliphatic hydroxyl groups excluding tert-OH is 1. The van der Waals surface area contributed by atoms with Crippen LogP contribution in [0.4, 0.5) is 0 Å². The zero-order valence-corrected chi connectivity index (χ0v) is 13.6. The Hall–Kier alpha value is -0.770. The van der Waals surface area contributed by atoms with Crippen molar-refractivity contribution in [3.05, 3.63) is 29.3 Å². The smallest absolute Gasteiger partial charge is 0.119 e. The lowest BCUT2D eigenvalue weighted by molar-refractivity contribution is 0.102. The van der Waals surface area contributed by atoms with Gasteiger partial charge in [-0.2, -0.15) is 0 Å². The maximum absolute atomic E-state index is 10.0. The lowest BCUT2D eigenvalue weighted by Gasteiger charge is -2.22. The Morgan fingerprint density at radius 2 is 2.05 bits per heavy atom. The van der Waals surface area contributed by atoms with Gasteiger partial charge in [0.05, 0.1) is 0 Å². The van der Waals surface area contributed by atoms with Crippen molar-refractivity contribution in [2.45, 2.75) is 45.3 Å². The molecule has 0 spiro atoms. The molecule has 1 fully saturated rings. The van der Waals surface area contributed by atoms with Crippen molar-refractivity contribution in [3.63, 3.8) is 0 Å². The molecular formula is C17H26ClNO2. The molecule has 0 bridgehead atoms. The molecule has 4 heteroatoms. The summed E-state index contributed by atoms with van der Waals surface area (Å²) in [5.74, 6) is 2.25. The van der Waals surface area contributed by atoms with E-state index in [4.69, 9.17) is 16.3 Å². The van der Waals surface area contributed by atoms with Crippen LogP contribution in [0.3, 0.4) is 0 Å². The molecule has 0 heterocycles. The minimum Gasteiger partial charge on any atom is -0.491 e. The van der Waals surface area contributed by atoms with Crippen molar-refractivity contribution in [1.29, 1.82) is 0 Å². The van der Waals surface area contributed by atoms with E-state index < -0.39 is 6.10 Å². The maximum atomic E-state index is 10.0. The summed E-state index contributed by atoms with van der Waals surface area (Å²) in [4.78, 5) is 0. The summed E-state index contributed by atoms with van der Waals surface area (Å²) in [6, 6.07) is 7.72. The Bertz CT molecular complexity index is 423. The van der Waals surface area contributed by atoms with Crippen molar-refractivity contribution in [2.24, 2.45) is 11.8 Å². The molecule has 0 radical (unpaired) electrons. The molecule has 2 N–H and O–H groups in total. The average Bonchev–Trinajstić information content (AvgIpc) is 2.85. The van der Waals surface area contributed by atoms with E-state index in [0.717, 1.165) is 11.7 Å². The Morgan fingerprint density at radius 1 is 1.33 bits per heavy atom. The Kier molecular flexibility index (Phi) is 6.34. The zero-order chi connectivity index (χ0) is 15.2. The first kappa shape index (κ1) is 16.6. The van der Waals surface area contributed by atoms with Gasteiger partial charge in [0.2, 0.25) is 0 Å². The lowest BCUT2D eigenvalue weighted by atomic mass is 9.93. The third-order valence-electron chi connectivity index (χ3n) is 4.62. The van der Waals surface area contributed by atoms with Crippen molar-refractivity contribution >= 4 is 11.6 Å². The molecule has 0 aromatic heterocycles. The van der Waals surface area contributed by atoms with Crippen LogP contribution in [0.5, 0.6) is 5.75 Å². The lowest BCUT2D eigenvalue weighted by Crippen LogP contribution is -2.39. The first-order valence-corrected chi connectivity index (χ1v) is 8.27. The van der Waals surface area contributed by atoms with Crippen LogP contribution in [0.1, 0.15) is 33.1 Å². The van der Waals surface area contributed by atoms with Crippen molar-refractivity contribution in [1.82, 2.24) is 5.32 Å². The largest absolute Gasteiger partial charge is 0.491 e. The molecular weight excluding hydrogens is 286 g/mol. The van der Waals surface area contributed by atoms with Crippen LogP contribution < -0.4 is 10.1 Å². The quantitative estimate of drug-likeness (QED) is 0.810. The fraction of sp³-hybridized carbons (Fsp3) is 0.647. The van der Waals surface area contributed by atoms with Gasteiger partial charge in [0, 0.05) is 17.6 Å². The Labute approximate surface area is 132 Å². The third kappa shape index (κ3) is 4.87. The summed E-state index contributed by atoms with van der Waals surface area (Å²) in [6.07, 6.45) is 3.27. The molecule has 1 aliphatic carbocycles. The van der Waals surface area contributed by atoms with Gasteiger partial charge in [-0.1, -0.05) is 31.9 Å². The molecule has 4 atom stereocenters. The summed E-state index contributed by atoms with van der Waals surface area (Å²) in [5.41, 5.74) is 0. The molecule has 1 aliphatic rings. The van der Waals surface area contributed by atoms with E-state index in [2.05, 4.69) is 19.2 Å². The van der Waals surface area contributed by atoms with Gasteiger partial charge in [-0.15, -0.1) is 0 Å². The van der Waals surface area contributed by atoms with E-state index in [-0.39, 0.29) is 0 Å². The maximum Gasteiger partial charge on any atom is 0.119 e. The summed E-state index contributed by atoms with van der Waals surface area (Å²) in [5, 5.41) is 14.2.